The Bertz CT molecular complexity index is 703. The van der Waals surface area contributed by atoms with Crippen molar-refractivity contribution < 1.29 is 14.3 Å². The molecule has 21 heavy (non-hydrogen) atoms. The van der Waals surface area contributed by atoms with Gasteiger partial charge in [-0.1, -0.05) is 12.1 Å². The summed E-state index contributed by atoms with van der Waals surface area (Å²) in [5.74, 6) is 0.101. The average Bonchev–Trinajstić information content (AvgIpc) is 2.87. The maximum Gasteiger partial charge on any atom is 0.337 e. The number of H-pyrrole nitrogens is 1. The molecule has 0 fully saturated rings. The van der Waals surface area contributed by atoms with Crippen LogP contribution in [0.4, 0.5) is 5.82 Å². The molecule has 6 nitrogen and oxygen atoms in total. The SMILES string of the molecule is COC(=O)c1ccc([C@H]2CC(=O)Nc3n[nH]c(C)c32)cc1. The van der Waals surface area contributed by atoms with E-state index in [9.17, 15) is 9.59 Å². The molecule has 2 aromatic rings. The summed E-state index contributed by atoms with van der Waals surface area (Å²) >= 11 is 0. The number of aryl methyl sites for hydroxylation is 1. The van der Waals surface area contributed by atoms with Gasteiger partial charge in [-0.05, 0) is 24.6 Å². The minimum atomic E-state index is -0.372. The molecular weight excluding hydrogens is 270 g/mol. The number of nitrogens with zero attached hydrogens (tertiary/aromatic N) is 1. The minimum absolute atomic E-state index is 0.0563. The Labute approximate surface area is 121 Å². The van der Waals surface area contributed by atoms with Crippen LogP contribution in [-0.4, -0.2) is 29.2 Å². The number of anilines is 1. The molecule has 2 N–H and O–H groups in total. The molecule has 1 atom stereocenters. The molecule has 0 bridgehead atoms. The van der Waals surface area contributed by atoms with Crippen molar-refractivity contribution in [2.24, 2.45) is 0 Å². The van der Waals surface area contributed by atoms with Gasteiger partial charge in [0.15, 0.2) is 5.82 Å². The van der Waals surface area contributed by atoms with E-state index in [1.807, 2.05) is 19.1 Å². The molecule has 1 aromatic heterocycles. The van der Waals surface area contributed by atoms with E-state index in [1.54, 1.807) is 12.1 Å². The smallest absolute Gasteiger partial charge is 0.337 e. The molecule has 0 unspecified atom stereocenters. The van der Waals surface area contributed by atoms with E-state index < -0.39 is 0 Å². The molecule has 0 spiro atoms. The Balaban J connectivity index is 1.98. The third-order valence-corrected chi connectivity index (χ3v) is 3.72. The number of benzene rings is 1. The first-order valence-electron chi connectivity index (χ1n) is 6.63. The molecule has 0 aliphatic carbocycles. The van der Waals surface area contributed by atoms with Crippen LogP contribution in [0.25, 0.3) is 0 Å². The Hall–Kier alpha value is -2.63. The molecule has 1 aromatic carbocycles. The standard InChI is InChI=1S/C15H15N3O3/c1-8-13-11(7-12(19)16-14(13)18-17-8)9-3-5-10(6-4-9)15(20)21-2/h3-6,11H,7H2,1-2H3,(H2,16,17,18,19)/t11-/m1/s1. The molecule has 0 radical (unpaired) electrons. The fraction of sp³-hybridized carbons (Fsp3) is 0.267. The topological polar surface area (TPSA) is 84.1 Å². The molecule has 1 amide bonds. The van der Waals surface area contributed by atoms with Crippen molar-refractivity contribution >= 4 is 17.7 Å². The van der Waals surface area contributed by atoms with Gasteiger partial charge in [0.1, 0.15) is 0 Å². The van der Waals surface area contributed by atoms with Gasteiger partial charge in [-0.15, -0.1) is 0 Å². The number of carbonyl (C=O) groups is 2. The fourth-order valence-corrected chi connectivity index (χ4v) is 2.68. The van der Waals surface area contributed by atoms with Gasteiger partial charge in [0.05, 0.1) is 12.7 Å². The van der Waals surface area contributed by atoms with Crippen LogP contribution in [0.15, 0.2) is 24.3 Å². The predicted molar refractivity (Wildman–Crippen MR) is 76.2 cm³/mol. The molecule has 6 heteroatoms. The Morgan fingerprint density at radius 1 is 1.33 bits per heavy atom. The number of rotatable bonds is 2. The van der Waals surface area contributed by atoms with E-state index in [-0.39, 0.29) is 17.8 Å². The quantitative estimate of drug-likeness (QED) is 0.826. The molecule has 0 saturated carbocycles. The van der Waals surface area contributed by atoms with Crippen LogP contribution in [0.3, 0.4) is 0 Å². The highest BCUT2D eigenvalue weighted by molar-refractivity contribution is 5.94. The van der Waals surface area contributed by atoms with Crippen molar-refractivity contribution in [3.05, 3.63) is 46.6 Å². The zero-order valence-corrected chi connectivity index (χ0v) is 11.8. The van der Waals surface area contributed by atoms with Crippen molar-refractivity contribution in [2.45, 2.75) is 19.3 Å². The fourth-order valence-electron chi connectivity index (χ4n) is 2.68. The van der Waals surface area contributed by atoms with Crippen LogP contribution in [-0.2, 0) is 9.53 Å². The molecule has 108 valence electrons. The van der Waals surface area contributed by atoms with E-state index in [2.05, 4.69) is 20.3 Å². The van der Waals surface area contributed by atoms with Crippen molar-refractivity contribution in [3.8, 4) is 0 Å². The normalized spacial score (nSPS) is 17.0. The van der Waals surface area contributed by atoms with Crippen LogP contribution in [0.2, 0.25) is 0 Å². The van der Waals surface area contributed by atoms with Gasteiger partial charge in [0.2, 0.25) is 5.91 Å². The van der Waals surface area contributed by atoms with E-state index in [0.717, 1.165) is 16.8 Å². The van der Waals surface area contributed by atoms with Gasteiger partial charge in [0, 0.05) is 23.6 Å². The van der Waals surface area contributed by atoms with Gasteiger partial charge in [-0.25, -0.2) is 4.79 Å². The van der Waals surface area contributed by atoms with Crippen molar-refractivity contribution in [1.29, 1.82) is 0 Å². The number of ether oxygens (including phenoxy) is 1. The molecule has 0 saturated heterocycles. The number of hydrogen-bond donors (Lipinski definition) is 2. The highest BCUT2D eigenvalue weighted by Crippen LogP contribution is 2.37. The van der Waals surface area contributed by atoms with Crippen molar-refractivity contribution in [1.82, 2.24) is 10.2 Å². The van der Waals surface area contributed by atoms with Crippen LogP contribution in [0.1, 0.15) is 39.5 Å². The third-order valence-electron chi connectivity index (χ3n) is 3.72. The highest BCUT2D eigenvalue weighted by Gasteiger charge is 2.30. The highest BCUT2D eigenvalue weighted by atomic mass is 16.5. The lowest BCUT2D eigenvalue weighted by molar-refractivity contribution is -0.116. The van der Waals surface area contributed by atoms with Gasteiger partial charge < -0.3 is 10.1 Å². The van der Waals surface area contributed by atoms with Crippen LogP contribution in [0, 0.1) is 6.92 Å². The Kier molecular flexibility index (Phi) is 3.21. The van der Waals surface area contributed by atoms with Crippen LogP contribution < -0.4 is 5.32 Å². The summed E-state index contributed by atoms with van der Waals surface area (Å²) in [6.45, 7) is 1.93. The van der Waals surface area contributed by atoms with Crippen LogP contribution in [0.5, 0.6) is 0 Å². The maximum absolute atomic E-state index is 11.8. The zero-order chi connectivity index (χ0) is 15.0. The summed E-state index contributed by atoms with van der Waals surface area (Å²) in [6, 6.07) is 7.13. The van der Waals surface area contributed by atoms with Gasteiger partial charge in [-0.3, -0.25) is 9.89 Å². The first-order valence-corrected chi connectivity index (χ1v) is 6.63. The number of amides is 1. The lowest BCUT2D eigenvalue weighted by Gasteiger charge is -2.23. The number of aromatic amines is 1. The second kappa shape index (κ2) is 5.05. The lowest BCUT2D eigenvalue weighted by atomic mass is 9.85. The molecular formula is C15H15N3O3. The monoisotopic (exact) mass is 285 g/mol. The van der Waals surface area contributed by atoms with Gasteiger partial charge in [0.25, 0.3) is 0 Å². The minimum Gasteiger partial charge on any atom is -0.465 e. The number of fused-ring (bicyclic) bond motifs is 1. The predicted octanol–water partition coefficient (Wildman–Crippen LogP) is 1.98. The number of nitrogens with one attached hydrogen (secondary N) is 2. The summed E-state index contributed by atoms with van der Waals surface area (Å²) < 4.78 is 4.68. The second-order valence-corrected chi connectivity index (χ2v) is 5.03. The van der Waals surface area contributed by atoms with E-state index >= 15 is 0 Å². The number of carbonyl (C=O) groups excluding carboxylic acids is 2. The van der Waals surface area contributed by atoms with Crippen molar-refractivity contribution in [3.63, 3.8) is 0 Å². The Morgan fingerprint density at radius 3 is 2.71 bits per heavy atom. The summed E-state index contributed by atoms with van der Waals surface area (Å²) in [7, 11) is 1.35. The number of aromatic nitrogens is 2. The largest absolute Gasteiger partial charge is 0.465 e. The lowest BCUT2D eigenvalue weighted by Crippen LogP contribution is -2.23. The summed E-state index contributed by atoms with van der Waals surface area (Å²) in [5.41, 5.74) is 3.40. The molecule has 2 heterocycles. The maximum atomic E-state index is 11.8. The number of hydrogen-bond acceptors (Lipinski definition) is 4. The number of methoxy groups -OCH3 is 1. The van der Waals surface area contributed by atoms with Crippen LogP contribution >= 0.6 is 0 Å². The van der Waals surface area contributed by atoms with Gasteiger partial charge >= 0.3 is 5.97 Å². The Morgan fingerprint density at radius 2 is 2.05 bits per heavy atom. The summed E-state index contributed by atoms with van der Waals surface area (Å²) in [4.78, 5) is 23.3. The van der Waals surface area contributed by atoms with Gasteiger partial charge in [-0.2, -0.15) is 5.10 Å². The molecule has 1 aliphatic rings. The van der Waals surface area contributed by atoms with Crippen molar-refractivity contribution in [2.75, 3.05) is 12.4 Å². The second-order valence-electron chi connectivity index (χ2n) is 5.03. The third kappa shape index (κ3) is 2.29. The number of esters is 1. The summed E-state index contributed by atoms with van der Waals surface area (Å²) in [5, 5.41) is 9.77. The van der Waals surface area contributed by atoms with E-state index in [1.165, 1.54) is 7.11 Å². The average molecular weight is 285 g/mol. The summed E-state index contributed by atoms with van der Waals surface area (Å²) in [6.07, 6.45) is 0.366. The van der Waals surface area contributed by atoms with E-state index in [4.69, 9.17) is 0 Å². The first-order chi connectivity index (χ1) is 10.1. The first kappa shape index (κ1) is 13.4. The van der Waals surface area contributed by atoms with E-state index in [0.29, 0.717) is 17.8 Å². The molecule has 1 aliphatic heterocycles. The molecule has 3 rings (SSSR count). The zero-order valence-electron chi connectivity index (χ0n) is 11.8.